The maximum atomic E-state index is 12.1. The van der Waals surface area contributed by atoms with E-state index in [1.807, 2.05) is 49.4 Å². The number of carbonyl (C=O) groups is 1. The fourth-order valence-electron chi connectivity index (χ4n) is 1.58. The fourth-order valence-corrected chi connectivity index (χ4v) is 2.40. The number of carbonyl (C=O) groups excluding carboxylic acids is 1. The van der Waals surface area contributed by atoms with E-state index in [1.54, 1.807) is 0 Å². The molecule has 1 N–H and O–H groups in total. The number of benzene rings is 2. The van der Waals surface area contributed by atoms with Crippen molar-refractivity contribution in [1.82, 2.24) is 0 Å². The minimum Gasteiger partial charge on any atom is -0.322 e. The molecule has 0 aromatic heterocycles. The third-order valence-electron chi connectivity index (χ3n) is 2.45. The first-order chi connectivity index (χ1) is 8.56. The average molecular weight is 369 g/mol. The predicted molar refractivity (Wildman–Crippen MR) is 81.0 cm³/mol. The molecule has 0 spiro atoms. The Morgan fingerprint density at radius 1 is 1.11 bits per heavy atom. The van der Waals surface area contributed by atoms with E-state index in [4.69, 9.17) is 0 Å². The molecule has 0 unspecified atom stereocenters. The molecule has 0 saturated carbocycles. The number of aryl methyl sites for hydroxylation is 1. The van der Waals surface area contributed by atoms with Crippen LogP contribution in [0.5, 0.6) is 0 Å². The monoisotopic (exact) mass is 367 g/mol. The van der Waals surface area contributed by atoms with Gasteiger partial charge in [-0.15, -0.1) is 0 Å². The van der Waals surface area contributed by atoms with Gasteiger partial charge in [-0.25, -0.2) is 0 Å². The Balaban J connectivity index is 2.24. The van der Waals surface area contributed by atoms with Crippen molar-refractivity contribution in [2.24, 2.45) is 0 Å². The van der Waals surface area contributed by atoms with Crippen molar-refractivity contribution in [1.29, 1.82) is 0 Å². The maximum absolute atomic E-state index is 12.1. The van der Waals surface area contributed by atoms with Gasteiger partial charge in [0, 0.05) is 14.6 Å². The molecule has 0 aliphatic carbocycles. The third-order valence-corrected chi connectivity index (χ3v) is 3.63. The fraction of sp³-hybridized carbons (Fsp3) is 0.0714. The second kappa shape index (κ2) is 5.67. The molecule has 0 fully saturated rings. The molecule has 1 amide bonds. The number of hydrogen-bond acceptors (Lipinski definition) is 1. The van der Waals surface area contributed by atoms with Crippen molar-refractivity contribution >= 4 is 43.5 Å². The lowest BCUT2D eigenvalue weighted by Crippen LogP contribution is -2.12. The zero-order valence-corrected chi connectivity index (χ0v) is 12.9. The Kier molecular flexibility index (Phi) is 4.19. The smallest absolute Gasteiger partial charge is 0.256 e. The predicted octanol–water partition coefficient (Wildman–Crippen LogP) is 4.77. The highest BCUT2D eigenvalue weighted by Gasteiger charge is 2.10. The van der Waals surface area contributed by atoms with E-state index in [0.717, 1.165) is 20.2 Å². The molecule has 0 aliphatic heterocycles. The number of amides is 1. The number of halogens is 2. The van der Waals surface area contributed by atoms with Crippen LogP contribution in [0.2, 0.25) is 0 Å². The topological polar surface area (TPSA) is 29.1 Å². The largest absolute Gasteiger partial charge is 0.322 e. The average Bonchev–Trinajstić information content (AvgIpc) is 2.32. The normalized spacial score (nSPS) is 10.2. The Morgan fingerprint density at radius 3 is 2.61 bits per heavy atom. The van der Waals surface area contributed by atoms with Crippen LogP contribution in [0, 0.1) is 6.92 Å². The van der Waals surface area contributed by atoms with Crippen LogP contribution in [0.4, 0.5) is 5.69 Å². The zero-order valence-electron chi connectivity index (χ0n) is 9.71. The standard InChI is InChI=1S/C14H11Br2NO/c1-9-5-6-13(16)12(7-9)14(18)17-11-4-2-3-10(15)8-11/h2-8H,1H3,(H,17,18). The van der Waals surface area contributed by atoms with Crippen LogP contribution in [-0.2, 0) is 0 Å². The van der Waals surface area contributed by atoms with Gasteiger partial charge in [-0.2, -0.15) is 0 Å². The van der Waals surface area contributed by atoms with Crippen molar-refractivity contribution in [2.45, 2.75) is 6.92 Å². The van der Waals surface area contributed by atoms with E-state index in [9.17, 15) is 4.79 Å². The highest BCUT2D eigenvalue weighted by molar-refractivity contribution is 9.10. The summed E-state index contributed by atoms with van der Waals surface area (Å²) in [4.78, 5) is 12.1. The number of rotatable bonds is 2. The molecule has 4 heteroatoms. The summed E-state index contributed by atoms with van der Waals surface area (Å²) in [7, 11) is 0. The summed E-state index contributed by atoms with van der Waals surface area (Å²) in [6.07, 6.45) is 0. The first-order valence-corrected chi connectivity index (χ1v) is 6.98. The minimum absolute atomic E-state index is 0.122. The van der Waals surface area contributed by atoms with Crippen molar-refractivity contribution in [3.8, 4) is 0 Å². The van der Waals surface area contributed by atoms with E-state index >= 15 is 0 Å². The number of hydrogen-bond donors (Lipinski definition) is 1. The summed E-state index contributed by atoms with van der Waals surface area (Å²) in [6.45, 7) is 1.96. The lowest BCUT2D eigenvalue weighted by atomic mass is 10.1. The summed E-state index contributed by atoms with van der Waals surface area (Å²) in [6, 6.07) is 13.2. The van der Waals surface area contributed by atoms with E-state index in [2.05, 4.69) is 37.2 Å². The zero-order chi connectivity index (χ0) is 13.1. The molecular formula is C14H11Br2NO. The quantitative estimate of drug-likeness (QED) is 0.812. The Hall–Kier alpha value is -1.13. The number of anilines is 1. The number of nitrogens with one attached hydrogen (secondary N) is 1. The highest BCUT2D eigenvalue weighted by Crippen LogP contribution is 2.21. The molecule has 2 aromatic carbocycles. The van der Waals surface area contributed by atoms with Gasteiger partial charge in [0.15, 0.2) is 0 Å². The SMILES string of the molecule is Cc1ccc(Br)c(C(=O)Nc2cccc(Br)c2)c1. The molecule has 0 heterocycles. The Morgan fingerprint density at radius 2 is 1.89 bits per heavy atom. The summed E-state index contributed by atoms with van der Waals surface area (Å²) >= 11 is 6.76. The van der Waals surface area contributed by atoms with Crippen LogP contribution >= 0.6 is 31.9 Å². The molecule has 0 saturated heterocycles. The summed E-state index contributed by atoms with van der Waals surface area (Å²) in [5, 5.41) is 2.87. The molecule has 92 valence electrons. The summed E-state index contributed by atoms with van der Waals surface area (Å²) in [5.41, 5.74) is 2.45. The van der Waals surface area contributed by atoms with Crippen molar-refractivity contribution in [3.05, 3.63) is 62.5 Å². The van der Waals surface area contributed by atoms with E-state index in [1.165, 1.54) is 0 Å². The summed E-state index contributed by atoms with van der Waals surface area (Å²) < 4.78 is 1.73. The molecule has 2 rings (SSSR count). The molecule has 2 nitrogen and oxygen atoms in total. The van der Waals surface area contributed by atoms with Crippen molar-refractivity contribution < 1.29 is 4.79 Å². The van der Waals surface area contributed by atoms with Gasteiger partial charge in [0.2, 0.25) is 0 Å². The summed E-state index contributed by atoms with van der Waals surface area (Å²) in [5.74, 6) is -0.122. The third kappa shape index (κ3) is 3.21. The van der Waals surface area contributed by atoms with E-state index in [-0.39, 0.29) is 5.91 Å². The molecule has 0 bridgehead atoms. The first kappa shape index (κ1) is 13.3. The molecule has 0 radical (unpaired) electrons. The molecule has 0 atom stereocenters. The van der Waals surface area contributed by atoms with Gasteiger partial charge in [-0.1, -0.05) is 33.6 Å². The molecule has 18 heavy (non-hydrogen) atoms. The van der Waals surface area contributed by atoms with Crippen LogP contribution in [0.15, 0.2) is 51.4 Å². The lowest BCUT2D eigenvalue weighted by molar-refractivity contribution is 0.102. The van der Waals surface area contributed by atoms with Crippen LogP contribution in [0.1, 0.15) is 15.9 Å². The first-order valence-electron chi connectivity index (χ1n) is 5.39. The Labute approximate surface area is 123 Å². The van der Waals surface area contributed by atoms with Gasteiger partial charge in [0.25, 0.3) is 5.91 Å². The van der Waals surface area contributed by atoms with E-state index < -0.39 is 0 Å². The van der Waals surface area contributed by atoms with Crippen LogP contribution in [0.3, 0.4) is 0 Å². The van der Waals surface area contributed by atoms with Crippen molar-refractivity contribution in [2.75, 3.05) is 5.32 Å². The second-order valence-corrected chi connectivity index (χ2v) is 5.72. The lowest BCUT2D eigenvalue weighted by Gasteiger charge is -2.08. The molecule has 2 aromatic rings. The van der Waals surface area contributed by atoms with Gasteiger partial charge in [0.1, 0.15) is 0 Å². The van der Waals surface area contributed by atoms with Crippen LogP contribution in [0.25, 0.3) is 0 Å². The Bertz CT molecular complexity index is 596. The van der Waals surface area contributed by atoms with Gasteiger partial charge in [-0.05, 0) is 53.2 Å². The van der Waals surface area contributed by atoms with Crippen LogP contribution < -0.4 is 5.32 Å². The van der Waals surface area contributed by atoms with Gasteiger partial charge in [0.05, 0.1) is 5.56 Å². The van der Waals surface area contributed by atoms with Crippen LogP contribution in [-0.4, -0.2) is 5.91 Å². The van der Waals surface area contributed by atoms with Gasteiger partial charge >= 0.3 is 0 Å². The van der Waals surface area contributed by atoms with Crippen molar-refractivity contribution in [3.63, 3.8) is 0 Å². The molecular weight excluding hydrogens is 358 g/mol. The minimum atomic E-state index is -0.122. The van der Waals surface area contributed by atoms with Gasteiger partial charge in [-0.3, -0.25) is 4.79 Å². The molecule has 0 aliphatic rings. The van der Waals surface area contributed by atoms with E-state index in [0.29, 0.717) is 5.56 Å². The maximum Gasteiger partial charge on any atom is 0.256 e. The second-order valence-electron chi connectivity index (χ2n) is 3.95. The highest BCUT2D eigenvalue weighted by atomic mass is 79.9. The van der Waals surface area contributed by atoms with Gasteiger partial charge < -0.3 is 5.32 Å².